The van der Waals surface area contributed by atoms with Crippen LogP contribution in [0, 0.1) is 0 Å². The molecule has 1 aromatic rings. The summed E-state index contributed by atoms with van der Waals surface area (Å²) in [4.78, 5) is 0. The molecule has 0 fully saturated rings. The number of halogens is 1. The van der Waals surface area contributed by atoms with E-state index in [1.807, 2.05) is 0 Å². The molecule has 90 valence electrons. The second-order valence-electron chi connectivity index (χ2n) is 3.04. The van der Waals surface area contributed by atoms with Crippen molar-refractivity contribution >= 4 is 34.5 Å². The van der Waals surface area contributed by atoms with Crippen LogP contribution in [0.1, 0.15) is 13.8 Å². The fourth-order valence-corrected chi connectivity index (χ4v) is 3.08. The molecule has 0 spiro atoms. The normalized spacial score (nSPS) is 11.7. The van der Waals surface area contributed by atoms with Crippen molar-refractivity contribution in [3.63, 3.8) is 0 Å². The third kappa shape index (κ3) is 3.08. The molecule has 1 aromatic carbocycles. The summed E-state index contributed by atoms with van der Waals surface area (Å²) in [6.07, 6.45) is 0. The molecule has 0 saturated heterocycles. The lowest BCUT2D eigenvalue weighted by Gasteiger charge is -2.17. The average molecular weight is 308 g/mol. The van der Waals surface area contributed by atoms with E-state index in [9.17, 15) is 4.57 Å². The third-order valence-electron chi connectivity index (χ3n) is 1.89. The Morgan fingerprint density at radius 1 is 1.31 bits per heavy atom. The summed E-state index contributed by atoms with van der Waals surface area (Å²) in [5.74, 6) is 0. The molecule has 2 N–H and O–H groups in total. The molecule has 0 aromatic heterocycles. The van der Waals surface area contributed by atoms with E-state index in [4.69, 9.17) is 14.8 Å². The van der Waals surface area contributed by atoms with Gasteiger partial charge in [-0.25, -0.2) is 0 Å². The van der Waals surface area contributed by atoms with Crippen molar-refractivity contribution in [2.75, 3.05) is 18.9 Å². The molecule has 0 bridgehead atoms. The summed E-state index contributed by atoms with van der Waals surface area (Å²) >= 11 is 3.28. The van der Waals surface area contributed by atoms with E-state index < -0.39 is 7.60 Å². The minimum absolute atomic E-state index is 0.327. The Labute approximate surface area is 104 Å². The molecule has 0 saturated carbocycles. The van der Waals surface area contributed by atoms with Gasteiger partial charge in [-0.15, -0.1) is 0 Å². The van der Waals surface area contributed by atoms with E-state index in [0.29, 0.717) is 24.2 Å². The van der Waals surface area contributed by atoms with Gasteiger partial charge >= 0.3 is 7.60 Å². The van der Waals surface area contributed by atoms with Crippen molar-refractivity contribution in [1.29, 1.82) is 0 Å². The molecule has 0 unspecified atom stereocenters. The van der Waals surface area contributed by atoms with Gasteiger partial charge in [0.25, 0.3) is 0 Å². The van der Waals surface area contributed by atoms with Crippen LogP contribution < -0.4 is 11.0 Å². The van der Waals surface area contributed by atoms with Crippen molar-refractivity contribution in [2.24, 2.45) is 0 Å². The molecule has 0 amide bonds. The van der Waals surface area contributed by atoms with Gasteiger partial charge in [-0.2, -0.15) is 0 Å². The predicted octanol–water partition coefficient (Wildman–Crippen LogP) is 2.92. The third-order valence-corrected chi connectivity index (χ3v) is 4.72. The maximum Gasteiger partial charge on any atom is 0.361 e. The summed E-state index contributed by atoms with van der Waals surface area (Å²) in [6, 6.07) is 5.03. The summed E-state index contributed by atoms with van der Waals surface area (Å²) in [7, 11) is -3.22. The van der Waals surface area contributed by atoms with Crippen LogP contribution in [0.3, 0.4) is 0 Å². The lowest BCUT2D eigenvalue weighted by atomic mass is 10.3. The van der Waals surface area contributed by atoms with Gasteiger partial charge < -0.3 is 14.8 Å². The zero-order valence-electron chi connectivity index (χ0n) is 9.27. The topological polar surface area (TPSA) is 61.5 Å². The highest BCUT2D eigenvalue weighted by Crippen LogP contribution is 2.47. The molecule has 16 heavy (non-hydrogen) atoms. The van der Waals surface area contributed by atoms with Crippen molar-refractivity contribution in [3.8, 4) is 0 Å². The minimum atomic E-state index is -3.22. The predicted molar refractivity (Wildman–Crippen MR) is 69.0 cm³/mol. The molecule has 0 aliphatic heterocycles. The van der Waals surface area contributed by atoms with E-state index in [0.717, 1.165) is 4.47 Å². The summed E-state index contributed by atoms with van der Waals surface area (Å²) in [5, 5.41) is 0.483. The smallest absolute Gasteiger partial charge is 0.361 e. The van der Waals surface area contributed by atoms with E-state index >= 15 is 0 Å². The first kappa shape index (κ1) is 13.7. The van der Waals surface area contributed by atoms with Gasteiger partial charge in [0.2, 0.25) is 0 Å². The first-order valence-corrected chi connectivity index (χ1v) is 7.31. The minimum Gasteiger partial charge on any atom is -0.398 e. The number of benzene rings is 1. The number of nitrogen functional groups attached to an aromatic ring is 1. The van der Waals surface area contributed by atoms with Crippen LogP contribution in [0.25, 0.3) is 0 Å². The van der Waals surface area contributed by atoms with Crippen LogP contribution in [0.15, 0.2) is 22.7 Å². The monoisotopic (exact) mass is 307 g/mol. The van der Waals surface area contributed by atoms with Gasteiger partial charge in [0.05, 0.1) is 18.5 Å². The van der Waals surface area contributed by atoms with Gasteiger partial charge in [0.15, 0.2) is 0 Å². The maximum absolute atomic E-state index is 12.4. The van der Waals surface area contributed by atoms with E-state index in [-0.39, 0.29) is 0 Å². The molecule has 0 atom stereocenters. The Morgan fingerprint density at radius 3 is 2.31 bits per heavy atom. The first-order chi connectivity index (χ1) is 7.53. The van der Waals surface area contributed by atoms with Gasteiger partial charge in [-0.1, -0.05) is 0 Å². The lowest BCUT2D eigenvalue weighted by molar-refractivity contribution is 0.230. The standard InChI is InChI=1S/C10H15BrNO3P/c1-3-14-16(13,15-4-2)8-5-6-9(11)10(12)7-8/h5-7H,3-4,12H2,1-2H3. The lowest BCUT2D eigenvalue weighted by Crippen LogP contribution is -2.11. The molecule has 4 nitrogen and oxygen atoms in total. The van der Waals surface area contributed by atoms with Crippen LogP contribution in [0.4, 0.5) is 5.69 Å². The molecule has 0 heterocycles. The second kappa shape index (κ2) is 5.82. The summed E-state index contributed by atoms with van der Waals surface area (Å²) in [5.41, 5.74) is 6.24. The van der Waals surface area contributed by atoms with Gasteiger partial charge in [-0.3, -0.25) is 4.57 Å². The largest absolute Gasteiger partial charge is 0.398 e. The van der Waals surface area contributed by atoms with Gasteiger partial charge in [0.1, 0.15) is 0 Å². The molecule has 6 heteroatoms. The summed E-state index contributed by atoms with van der Waals surface area (Å²) in [6.45, 7) is 4.20. The SMILES string of the molecule is CCOP(=O)(OCC)c1ccc(Br)c(N)c1. The number of hydrogen-bond donors (Lipinski definition) is 1. The molecule has 0 radical (unpaired) electrons. The fourth-order valence-electron chi connectivity index (χ4n) is 1.23. The van der Waals surface area contributed by atoms with Crippen LogP contribution in [0.2, 0.25) is 0 Å². The number of anilines is 1. The Morgan fingerprint density at radius 2 is 1.88 bits per heavy atom. The number of nitrogens with two attached hydrogens (primary N) is 1. The van der Waals surface area contributed by atoms with Crippen molar-refractivity contribution in [2.45, 2.75) is 13.8 Å². The Bertz CT molecular complexity index is 401. The Hall–Kier alpha value is -0.350. The van der Waals surface area contributed by atoms with Gasteiger partial charge in [0, 0.05) is 10.2 Å². The molecule has 1 rings (SSSR count). The first-order valence-electron chi connectivity index (χ1n) is 4.98. The maximum atomic E-state index is 12.4. The van der Waals surface area contributed by atoms with Crippen molar-refractivity contribution in [1.82, 2.24) is 0 Å². The number of hydrogen-bond acceptors (Lipinski definition) is 4. The van der Waals surface area contributed by atoms with E-state index in [1.165, 1.54) is 0 Å². The van der Waals surface area contributed by atoms with Gasteiger partial charge in [-0.05, 0) is 48.0 Å². The van der Waals surface area contributed by atoms with Crippen LogP contribution in [0.5, 0.6) is 0 Å². The Kier molecular flexibility index (Phi) is 4.99. The second-order valence-corrected chi connectivity index (χ2v) is 5.92. The van der Waals surface area contributed by atoms with Crippen LogP contribution >= 0.6 is 23.5 Å². The molecule has 0 aliphatic carbocycles. The van der Waals surface area contributed by atoms with Crippen LogP contribution in [-0.4, -0.2) is 13.2 Å². The quantitative estimate of drug-likeness (QED) is 0.671. The summed E-state index contributed by atoms with van der Waals surface area (Å²) < 4.78 is 23.5. The Balaban J connectivity index is 3.11. The highest BCUT2D eigenvalue weighted by Gasteiger charge is 2.26. The fraction of sp³-hybridized carbons (Fsp3) is 0.400. The van der Waals surface area contributed by atoms with Crippen molar-refractivity contribution in [3.05, 3.63) is 22.7 Å². The zero-order chi connectivity index (χ0) is 12.2. The van der Waals surface area contributed by atoms with Crippen molar-refractivity contribution < 1.29 is 13.6 Å². The highest BCUT2D eigenvalue weighted by molar-refractivity contribution is 9.10. The van der Waals surface area contributed by atoms with Crippen LogP contribution in [-0.2, 0) is 13.6 Å². The molecular weight excluding hydrogens is 293 g/mol. The molecule has 0 aliphatic rings. The van der Waals surface area contributed by atoms with E-state index in [2.05, 4.69) is 15.9 Å². The highest BCUT2D eigenvalue weighted by atomic mass is 79.9. The zero-order valence-corrected chi connectivity index (χ0v) is 11.8. The molecular formula is C10H15BrNO3P. The average Bonchev–Trinajstić information content (AvgIpc) is 2.22. The van der Waals surface area contributed by atoms with E-state index in [1.54, 1.807) is 32.0 Å². The number of rotatable bonds is 5.